The summed E-state index contributed by atoms with van der Waals surface area (Å²) in [5.41, 5.74) is 0.911. The molecule has 1 saturated carbocycles. The monoisotopic (exact) mass is 300 g/mol. The smallest absolute Gasteiger partial charge is 0.325 e. The first-order valence-corrected chi connectivity index (χ1v) is 8.11. The summed E-state index contributed by atoms with van der Waals surface area (Å²) in [6.07, 6.45) is 7.90. The van der Waals surface area contributed by atoms with Crippen molar-refractivity contribution < 1.29 is 9.53 Å². The first-order valence-electron chi connectivity index (χ1n) is 8.11. The summed E-state index contributed by atoms with van der Waals surface area (Å²) in [7, 11) is 1.65. The average Bonchev–Trinajstić information content (AvgIpc) is 2.92. The molecule has 1 unspecified atom stereocenters. The van der Waals surface area contributed by atoms with Crippen LogP contribution in [0.25, 0.3) is 0 Å². The van der Waals surface area contributed by atoms with E-state index in [-0.39, 0.29) is 12.1 Å². The fourth-order valence-corrected chi connectivity index (χ4v) is 3.56. The van der Waals surface area contributed by atoms with Crippen LogP contribution in [0.4, 0.5) is 10.5 Å². The number of rotatable bonds is 4. The van der Waals surface area contributed by atoms with Gasteiger partial charge in [0, 0.05) is 18.3 Å². The van der Waals surface area contributed by atoms with Crippen molar-refractivity contribution in [3.05, 3.63) is 36.9 Å². The normalized spacial score (nSPS) is 23.0. The van der Waals surface area contributed by atoms with E-state index in [0.717, 1.165) is 30.8 Å². The summed E-state index contributed by atoms with van der Waals surface area (Å²) >= 11 is 0. The van der Waals surface area contributed by atoms with Crippen LogP contribution >= 0.6 is 0 Å². The third-order valence-electron chi connectivity index (χ3n) is 4.81. The van der Waals surface area contributed by atoms with Gasteiger partial charge in [-0.15, -0.1) is 6.58 Å². The maximum Gasteiger partial charge on any atom is 0.325 e. The Morgan fingerprint density at radius 3 is 2.45 bits per heavy atom. The zero-order valence-electron chi connectivity index (χ0n) is 13.2. The van der Waals surface area contributed by atoms with Crippen molar-refractivity contribution in [1.82, 2.24) is 4.90 Å². The second kappa shape index (κ2) is 6.42. The molecule has 0 N–H and O–H groups in total. The van der Waals surface area contributed by atoms with Crippen molar-refractivity contribution >= 4 is 11.7 Å². The van der Waals surface area contributed by atoms with Gasteiger partial charge in [0.2, 0.25) is 0 Å². The fourth-order valence-electron chi connectivity index (χ4n) is 3.56. The highest BCUT2D eigenvalue weighted by atomic mass is 16.5. The van der Waals surface area contributed by atoms with Crippen molar-refractivity contribution in [2.75, 3.05) is 18.6 Å². The number of anilines is 1. The van der Waals surface area contributed by atoms with Gasteiger partial charge in [0.25, 0.3) is 0 Å². The summed E-state index contributed by atoms with van der Waals surface area (Å²) in [6.45, 7) is 4.67. The molecular weight excluding hydrogens is 276 g/mol. The Morgan fingerprint density at radius 1 is 1.18 bits per heavy atom. The second-order valence-corrected chi connectivity index (χ2v) is 6.10. The molecule has 2 amide bonds. The van der Waals surface area contributed by atoms with Crippen molar-refractivity contribution in [1.29, 1.82) is 0 Å². The molecule has 1 atom stereocenters. The van der Waals surface area contributed by atoms with Gasteiger partial charge in [-0.25, -0.2) is 4.79 Å². The van der Waals surface area contributed by atoms with Gasteiger partial charge < -0.3 is 9.64 Å². The highest BCUT2D eigenvalue weighted by Crippen LogP contribution is 2.32. The standard InChI is InChI=1S/C18H24N2O2/c1-3-14-13-19(15-7-5-4-6-8-15)18(21)20(14)16-9-11-17(22-2)12-10-16/h3,9-12,14-15H,1,4-8,13H2,2H3. The molecule has 1 saturated heterocycles. The SMILES string of the molecule is C=CC1CN(C2CCCCC2)C(=O)N1c1ccc(OC)cc1. The van der Waals surface area contributed by atoms with E-state index in [1.807, 2.05) is 35.2 Å². The predicted octanol–water partition coefficient (Wildman–Crippen LogP) is 3.82. The number of hydrogen-bond donors (Lipinski definition) is 0. The van der Waals surface area contributed by atoms with Crippen LogP contribution in [0.1, 0.15) is 32.1 Å². The third kappa shape index (κ3) is 2.70. The van der Waals surface area contributed by atoms with E-state index in [2.05, 4.69) is 11.5 Å². The number of hydrogen-bond acceptors (Lipinski definition) is 2. The van der Waals surface area contributed by atoms with Crippen molar-refractivity contribution in [3.63, 3.8) is 0 Å². The maximum absolute atomic E-state index is 12.9. The number of amides is 2. The molecule has 4 nitrogen and oxygen atoms in total. The largest absolute Gasteiger partial charge is 0.497 e. The molecule has 2 fully saturated rings. The maximum atomic E-state index is 12.9. The van der Waals surface area contributed by atoms with Gasteiger partial charge >= 0.3 is 6.03 Å². The molecule has 22 heavy (non-hydrogen) atoms. The Morgan fingerprint density at radius 2 is 1.86 bits per heavy atom. The van der Waals surface area contributed by atoms with Crippen LogP contribution in [0.2, 0.25) is 0 Å². The molecule has 3 rings (SSSR count). The number of benzene rings is 1. The van der Waals surface area contributed by atoms with Gasteiger partial charge in [-0.2, -0.15) is 0 Å². The molecule has 2 aliphatic rings. The zero-order valence-corrected chi connectivity index (χ0v) is 13.2. The molecule has 1 aromatic carbocycles. The molecular formula is C18H24N2O2. The number of carbonyl (C=O) groups is 1. The van der Waals surface area contributed by atoms with Crippen LogP contribution in [0, 0.1) is 0 Å². The number of methoxy groups -OCH3 is 1. The molecule has 1 heterocycles. The minimum atomic E-state index is 0.0443. The third-order valence-corrected chi connectivity index (χ3v) is 4.81. The fraction of sp³-hybridized carbons (Fsp3) is 0.500. The van der Waals surface area contributed by atoms with Gasteiger partial charge in [-0.3, -0.25) is 4.90 Å². The molecule has 1 aliphatic heterocycles. The van der Waals surface area contributed by atoms with Gasteiger partial charge in [0.15, 0.2) is 0 Å². The zero-order chi connectivity index (χ0) is 15.5. The molecule has 1 aromatic rings. The minimum Gasteiger partial charge on any atom is -0.497 e. The summed E-state index contributed by atoms with van der Waals surface area (Å²) in [6, 6.07) is 8.23. The Balaban J connectivity index is 1.82. The Kier molecular flexibility index (Phi) is 4.36. The summed E-state index contributed by atoms with van der Waals surface area (Å²) in [4.78, 5) is 16.8. The Bertz CT molecular complexity index is 535. The molecule has 0 bridgehead atoms. The first-order chi connectivity index (χ1) is 10.7. The van der Waals surface area contributed by atoms with Crippen LogP contribution in [0.5, 0.6) is 5.75 Å². The Hall–Kier alpha value is -1.97. The lowest BCUT2D eigenvalue weighted by Gasteiger charge is -2.30. The van der Waals surface area contributed by atoms with Crippen molar-refractivity contribution in [2.24, 2.45) is 0 Å². The molecule has 4 heteroatoms. The average molecular weight is 300 g/mol. The van der Waals surface area contributed by atoms with Gasteiger partial charge in [-0.1, -0.05) is 25.3 Å². The molecule has 1 aliphatic carbocycles. The number of urea groups is 1. The predicted molar refractivity (Wildman–Crippen MR) is 88.4 cm³/mol. The minimum absolute atomic E-state index is 0.0443. The van der Waals surface area contributed by atoms with E-state index in [1.54, 1.807) is 7.11 Å². The van der Waals surface area contributed by atoms with E-state index >= 15 is 0 Å². The molecule has 118 valence electrons. The summed E-state index contributed by atoms with van der Waals surface area (Å²) < 4.78 is 5.19. The van der Waals surface area contributed by atoms with Crippen LogP contribution in [-0.2, 0) is 0 Å². The highest BCUT2D eigenvalue weighted by Gasteiger charge is 2.40. The van der Waals surface area contributed by atoms with Crippen molar-refractivity contribution in [2.45, 2.75) is 44.2 Å². The van der Waals surface area contributed by atoms with Gasteiger partial charge in [0.1, 0.15) is 5.75 Å². The Labute approximate surface area is 132 Å². The van der Waals surface area contributed by atoms with E-state index < -0.39 is 0 Å². The van der Waals surface area contributed by atoms with Crippen LogP contribution < -0.4 is 9.64 Å². The lowest BCUT2D eigenvalue weighted by Crippen LogP contribution is -2.40. The van der Waals surface area contributed by atoms with E-state index in [9.17, 15) is 4.79 Å². The first kappa shape index (κ1) is 14.9. The van der Waals surface area contributed by atoms with Crippen molar-refractivity contribution in [3.8, 4) is 5.75 Å². The van der Waals surface area contributed by atoms with Crippen LogP contribution in [-0.4, -0.2) is 36.7 Å². The van der Waals surface area contributed by atoms with E-state index in [4.69, 9.17) is 4.74 Å². The number of nitrogens with zero attached hydrogens (tertiary/aromatic N) is 2. The topological polar surface area (TPSA) is 32.8 Å². The van der Waals surface area contributed by atoms with Gasteiger partial charge in [0.05, 0.1) is 13.2 Å². The lowest BCUT2D eigenvalue weighted by molar-refractivity contribution is 0.181. The van der Waals surface area contributed by atoms with Gasteiger partial charge in [-0.05, 0) is 37.1 Å². The highest BCUT2D eigenvalue weighted by molar-refractivity contribution is 5.95. The lowest BCUT2D eigenvalue weighted by atomic mass is 9.94. The van der Waals surface area contributed by atoms with Crippen LogP contribution in [0.3, 0.4) is 0 Å². The van der Waals surface area contributed by atoms with E-state index in [1.165, 1.54) is 19.3 Å². The summed E-state index contributed by atoms with van der Waals surface area (Å²) in [5, 5.41) is 0. The quantitative estimate of drug-likeness (QED) is 0.792. The number of carbonyl (C=O) groups excluding carboxylic acids is 1. The molecule has 0 spiro atoms. The summed E-state index contributed by atoms with van der Waals surface area (Å²) in [5.74, 6) is 0.801. The molecule has 0 aromatic heterocycles. The van der Waals surface area contributed by atoms with Crippen LogP contribution in [0.15, 0.2) is 36.9 Å². The molecule has 0 radical (unpaired) electrons. The van der Waals surface area contributed by atoms with E-state index in [0.29, 0.717) is 6.04 Å². The second-order valence-electron chi connectivity index (χ2n) is 6.10. The number of ether oxygens (including phenoxy) is 1.